The quantitative estimate of drug-likeness (QED) is 0.495. The van der Waals surface area contributed by atoms with Gasteiger partial charge in [-0.2, -0.15) is 5.26 Å². The fourth-order valence-electron chi connectivity index (χ4n) is 4.33. The lowest BCUT2D eigenvalue weighted by Crippen LogP contribution is -2.29. The smallest absolute Gasteiger partial charge is 0.266 e. The van der Waals surface area contributed by atoms with Crippen molar-refractivity contribution in [2.24, 2.45) is 0 Å². The SMILES string of the molecule is COc1ccc(-n2c([C@H]3CCCN3)nc3c(-c4cncc(F)c4)cc(C#N)cc3c2=O)cc1F. The fourth-order valence-corrected chi connectivity index (χ4v) is 4.33. The second kappa shape index (κ2) is 8.65. The number of benzene rings is 2. The molecular formula is C25H19F2N5O2. The number of hydrogen-bond acceptors (Lipinski definition) is 6. The molecule has 0 radical (unpaired) electrons. The number of nitriles is 1. The van der Waals surface area contributed by atoms with Crippen LogP contribution in [0.2, 0.25) is 0 Å². The van der Waals surface area contributed by atoms with E-state index >= 15 is 0 Å². The number of halogens is 2. The van der Waals surface area contributed by atoms with E-state index in [0.717, 1.165) is 25.6 Å². The van der Waals surface area contributed by atoms with Crippen molar-refractivity contribution >= 4 is 10.9 Å². The second-order valence-electron chi connectivity index (χ2n) is 8.00. The van der Waals surface area contributed by atoms with E-state index in [1.807, 2.05) is 6.07 Å². The highest BCUT2D eigenvalue weighted by atomic mass is 19.1. The minimum atomic E-state index is -0.616. The van der Waals surface area contributed by atoms with Gasteiger partial charge < -0.3 is 10.1 Å². The summed E-state index contributed by atoms with van der Waals surface area (Å²) in [5.41, 5.74) is 1.19. The molecule has 1 atom stereocenters. The Hall–Kier alpha value is -4.16. The molecule has 34 heavy (non-hydrogen) atoms. The van der Waals surface area contributed by atoms with Crippen molar-refractivity contribution in [1.29, 1.82) is 5.26 Å². The summed E-state index contributed by atoms with van der Waals surface area (Å²) in [6.07, 6.45) is 4.16. The summed E-state index contributed by atoms with van der Waals surface area (Å²) in [6, 6.07) is 10.3. The molecule has 170 valence electrons. The van der Waals surface area contributed by atoms with Gasteiger partial charge in [0.1, 0.15) is 11.6 Å². The Bertz CT molecular complexity index is 1520. The number of pyridine rings is 1. The molecule has 0 saturated carbocycles. The van der Waals surface area contributed by atoms with Crippen LogP contribution in [0.3, 0.4) is 0 Å². The Morgan fingerprint density at radius 1 is 1.21 bits per heavy atom. The fraction of sp³-hybridized carbons (Fsp3) is 0.200. The number of hydrogen-bond donors (Lipinski definition) is 1. The molecule has 0 amide bonds. The van der Waals surface area contributed by atoms with E-state index in [-0.39, 0.29) is 28.4 Å². The van der Waals surface area contributed by atoms with Crippen molar-refractivity contribution < 1.29 is 13.5 Å². The molecule has 2 aromatic carbocycles. The minimum Gasteiger partial charge on any atom is -0.494 e. The summed E-state index contributed by atoms with van der Waals surface area (Å²) >= 11 is 0. The van der Waals surface area contributed by atoms with Gasteiger partial charge in [-0.3, -0.25) is 14.3 Å². The van der Waals surface area contributed by atoms with Crippen molar-refractivity contribution in [3.63, 3.8) is 0 Å². The van der Waals surface area contributed by atoms with Crippen LogP contribution < -0.4 is 15.6 Å². The normalized spacial score (nSPS) is 15.4. The lowest BCUT2D eigenvalue weighted by Gasteiger charge is -2.20. The lowest BCUT2D eigenvalue weighted by atomic mass is 10.0. The average Bonchev–Trinajstić information content (AvgIpc) is 3.38. The van der Waals surface area contributed by atoms with Gasteiger partial charge >= 0.3 is 0 Å². The van der Waals surface area contributed by atoms with Gasteiger partial charge in [-0.15, -0.1) is 0 Å². The van der Waals surface area contributed by atoms with Crippen LogP contribution in [0.15, 0.2) is 53.6 Å². The highest BCUT2D eigenvalue weighted by Gasteiger charge is 2.26. The Morgan fingerprint density at radius 3 is 2.74 bits per heavy atom. The average molecular weight is 459 g/mol. The topological polar surface area (TPSA) is 92.8 Å². The van der Waals surface area contributed by atoms with Gasteiger partial charge in [0.05, 0.1) is 47.6 Å². The molecule has 0 aliphatic carbocycles. The Kier molecular flexibility index (Phi) is 5.51. The summed E-state index contributed by atoms with van der Waals surface area (Å²) in [7, 11) is 1.36. The highest BCUT2D eigenvalue weighted by molar-refractivity contribution is 5.94. The standard InChI is InChI=1S/C25H19F2N5O2/c1-34-22-5-4-17(10-20(22)27)32-24(21-3-2-6-30-21)31-23-18(15-9-16(26)13-29-12-15)7-14(11-28)8-19(23)25(32)33/h4-5,7-10,12-13,21,30H,2-3,6H2,1H3/t21-/m1/s1. The van der Waals surface area contributed by atoms with Crippen LogP contribution in [0.25, 0.3) is 27.7 Å². The molecule has 9 heteroatoms. The van der Waals surface area contributed by atoms with E-state index in [1.165, 1.54) is 42.1 Å². The molecule has 7 nitrogen and oxygen atoms in total. The Labute approximate surface area is 193 Å². The molecule has 0 unspecified atom stereocenters. The van der Waals surface area contributed by atoms with E-state index in [9.17, 15) is 18.8 Å². The molecule has 1 fully saturated rings. The van der Waals surface area contributed by atoms with Crippen LogP contribution in [0, 0.1) is 23.0 Å². The monoisotopic (exact) mass is 459 g/mol. The van der Waals surface area contributed by atoms with E-state index in [2.05, 4.69) is 10.3 Å². The van der Waals surface area contributed by atoms with Crippen LogP contribution in [0.5, 0.6) is 5.75 Å². The molecule has 2 aromatic heterocycles. The van der Waals surface area contributed by atoms with Gasteiger partial charge in [-0.05, 0) is 49.7 Å². The number of nitrogens with zero attached hydrogens (tertiary/aromatic N) is 4. The number of rotatable bonds is 4. The number of ether oxygens (including phenoxy) is 1. The molecular weight excluding hydrogens is 440 g/mol. The highest BCUT2D eigenvalue weighted by Crippen LogP contribution is 2.31. The number of fused-ring (bicyclic) bond motifs is 1. The molecule has 5 rings (SSSR count). The molecule has 1 saturated heterocycles. The number of methoxy groups -OCH3 is 1. The maximum absolute atomic E-state index is 14.6. The maximum atomic E-state index is 14.6. The summed E-state index contributed by atoms with van der Waals surface area (Å²) in [5.74, 6) is -0.698. The van der Waals surface area contributed by atoms with Crippen LogP contribution in [0.1, 0.15) is 30.3 Å². The van der Waals surface area contributed by atoms with Gasteiger partial charge in [0.2, 0.25) is 0 Å². The molecule has 4 aromatic rings. The molecule has 0 bridgehead atoms. The minimum absolute atomic E-state index is 0.0544. The largest absolute Gasteiger partial charge is 0.494 e. The van der Waals surface area contributed by atoms with Gasteiger partial charge in [-0.1, -0.05) is 0 Å². The molecule has 1 aliphatic heterocycles. The van der Waals surface area contributed by atoms with E-state index in [4.69, 9.17) is 9.72 Å². The summed E-state index contributed by atoms with van der Waals surface area (Å²) in [5, 5.41) is 13.1. The van der Waals surface area contributed by atoms with Gasteiger partial charge in [-0.25, -0.2) is 13.8 Å². The van der Waals surface area contributed by atoms with E-state index in [0.29, 0.717) is 22.5 Å². The predicted molar refractivity (Wildman–Crippen MR) is 122 cm³/mol. The second-order valence-corrected chi connectivity index (χ2v) is 8.00. The van der Waals surface area contributed by atoms with Crippen molar-refractivity contribution in [3.05, 3.63) is 82.2 Å². The lowest BCUT2D eigenvalue weighted by molar-refractivity contribution is 0.386. The molecule has 0 spiro atoms. The first-order valence-electron chi connectivity index (χ1n) is 10.7. The van der Waals surface area contributed by atoms with Gasteiger partial charge in [0, 0.05) is 23.4 Å². The van der Waals surface area contributed by atoms with Crippen LogP contribution in [-0.2, 0) is 0 Å². The van der Waals surface area contributed by atoms with Gasteiger partial charge in [0.25, 0.3) is 5.56 Å². The maximum Gasteiger partial charge on any atom is 0.266 e. The van der Waals surface area contributed by atoms with E-state index in [1.54, 1.807) is 12.1 Å². The Morgan fingerprint density at radius 2 is 2.06 bits per heavy atom. The molecule has 1 aliphatic rings. The Balaban J connectivity index is 1.86. The van der Waals surface area contributed by atoms with Crippen LogP contribution in [-0.4, -0.2) is 28.2 Å². The first-order chi connectivity index (χ1) is 16.5. The van der Waals surface area contributed by atoms with Crippen molar-refractivity contribution in [3.8, 4) is 28.6 Å². The van der Waals surface area contributed by atoms with E-state index < -0.39 is 17.2 Å². The predicted octanol–water partition coefficient (Wildman–Crippen LogP) is 4.03. The zero-order chi connectivity index (χ0) is 23.8. The number of aromatic nitrogens is 3. The first kappa shape index (κ1) is 21.7. The number of nitrogens with one attached hydrogen (secondary N) is 1. The summed E-state index contributed by atoms with van der Waals surface area (Å²) in [4.78, 5) is 22.6. The molecule has 1 N–H and O–H groups in total. The van der Waals surface area contributed by atoms with Crippen molar-refractivity contribution in [1.82, 2.24) is 19.9 Å². The van der Waals surface area contributed by atoms with Crippen LogP contribution in [0.4, 0.5) is 8.78 Å². The summed E-state index contributed by atoms with van der Waals surface area (Å²) in [6.45, 7) is 0.754. The third kappa shape index (κ3) is 3.68. The summed E-state index contributed by atoms with van der Waals surface area (Å²) < 4.78 is 34.9. The first-order valence-corrected chi connectivity index (χ1v) is 10.7. The zero-order valence-corrected chi connectivity index (χ0v) is 18.2. The third-order valence-corrected chi connectivity index (χ3v) is 5.91. The van der Waals surface area contributed by atoms with Crippen molar-refractivity contribution in [2.45, 2.75) is 18.9 Å². The molecule has 3 heterocycles. The van der Waals surface area contributed by atoms with Crippen LogP contribution >= 0.6 is 0 Å². The van der Waals surface area contributed by atoms with Gasteiger partial charge in [0.15, 0.2) is 11.6 Å². The zero-order valence-electron chi connectivity index (χ0n) is 18.2. The van der Waals surface area contributed by atoms with Crippen molar-refractivity contribution in [2.75, 3.05) is 13.7 Å². The third-order valence-electron chi connectivity index (χ3n) is 5.91.